The molecular weight excluding hydrogens is 532 g/mol. The summed E-state index contributed by atoms with van der Waals surface area (Å²) in [6, 6.07) is 23.8. The van der Waals surface area contributed by atoms with Crippen LogP contribution >= 0.6 is 0 Å². The van der Waals surface area contributed by atoms with Crippen molar-refractivity contribution in [2.45, 2.75) is 51.5 Å². The minimum atomic E-state index is -1.41. The number of carbonyl (C=O) groups is 2. The number of benzene rings is 3. The predicted molar refractivity (Wildman–Crippen MR) is 163 cm³/mol. The van der Waals surface area contributed by atoms with Gasteiger partial charge in [-0.1, -0.05) is 74.5 Å². The molecule has 0 aliphatic carbocycles. The first kappa shape index (κ1) is 30.4. The third-order valence-corrected chi connectivity index (χ3v) is 8.65. The van der Waals surface area contributed by atoms with E-state index >= 15 is 0 Å². The number of amidine groups is 1. The van der Waals surface area contributed by atoms with Gasteiger partial charge in [0, 0.05) is 22.2 Å². The van der Waals surface area contributed by atoms with Crippen LogP contribution in [0.4, 0.5) is 5.69 Å². The summed E-state index contributed by atoms with van der Waals surface area (Å²) in [5, 5.41) is 22.0. The molecule has 8 heteroatoms. The highest BCUT2D eigenvalue weighted by molar-refractivity contribution is 6.04. The molecule has 0 bridgehead atoms. The normalized spacial score (nSPS) is 22.6. The lowest BCUT2D eigenvalue weighted by Gasteiger charge is -2.58. The molecule has 0 amide bonds. The Bertz CT molecular complexity index is 1530. The molecule has 3 atom stereocenters. The van der Waals surface area contributed by atoms with Crippen LogP contribution in [0.1, 0.15) is 51.7 Å². The van der Waals surface area contributed by atoms with E-state index in [9.17, 15) is 19.8 Å². The van der Waals surface area contributed by atoms with Crippen molar-refractivity contribution in [2.24, 2.45) is 10.9 Å². The first-order chi connectivity index (χ1) is 20.1. The lowest BCUT2D eigenvalue weighted by atomic mass is 9.54. The second kappa shape index (κ2) is 12.1. The number of hydrogen-bond donors (Lipinski definition) is 2. The van der Waals surface area contributed by atoms with Crippen LogP contribution in [0.5, 0.6) is 11.5 Å². The monoisotopic (exact) mass is 570 g/mol. The SMILES string of the molecule is CCC1(c2ccccc2OC)C(C(=O)O)=C(C)N(C(=Nc2ccccc2OC)c2ccccc2)C(C)(CC)C1C(=O)O. The maximum absolute atomic E-state index is 13.6. The van der Waals surface area contributed by atoms with Crippen LogP contribution in [0.15, 0.2) is 95.1 Å². The number of nitrogens with zero attached hydrogens (tertiary/aromatic N) is 2. The average Bonchev–Trinajstić information content (AvgIpc) is 3.00. The fraction of sp³-hybridized carbons (Fsp3) is 0.324. The fourth-order valence-corrected chi connectivity index (χ4v) is 6.75. The van der Waals surface area contributed by atoms with Gasteiger partial charge in [-0.05, 0) is 44.9 Å². The number of hydrogen-bond acceptors (Lipinski definition) is 5. The Kier molecular flexibility index (Phi) is 8.75. The van der Waals surface area contributed by atoms with Crippen molar-refractivity contribution >= 4 is 23.5 Å². The van der Waals surface area contributed by atoms with Gasteiger partial charge in [0.05, 0.1) is 31.2 Å². The predicted octanol–water partition coefficient (Wildman–Crippen LogP) is 6.67. The van der Waals surface area contributed by atoms with Gasteiger partial charge in [0.25, 0.3) is 0 Å². The molecule has 8 nitrogen and oxygen atoms in total. The zero-order valence-electron chi connectivity index (χ0n) is 24.9. The molecule has 3 aromatic carbocycles. The number of ether oxygens (including phenoxy) is 2. The van der Waals surface area contributed by atoms with Crippen LogP contribution in [0.25, 0.3) is 0 Å². The van der Waals surface area contributed by atoms with E-state index in [-0.39, 0.29) is 12.0 Å². The Morgan fingerprint density at radius 3 is 1.98 bits per heavy atom. The van der Waals surface area contributed by atoms with Crippen molar-refractivity contribution in [2.75, 3.05) is 14.2 Å². The smallest absolute Gasteiger partial charge is 0.334 e. The molecule has 4 rings (SSSR count). The number of carboxylic acids is 2. The zero-order chi connectivity index (χ0) is 30.7. The van der Waals surface area contributed by atoms with Gasteiger partial charge in [-0.2, -0.15) is 0 Å². The minimum Gasteiger partial charge on any atom is -0.496 e. The van der Waals surface area contributed by atoms with Gasteiger partial charge in [0.1, 0.15) is 23.0 Å². The molecule has 1 heterocycles. The molecule has 3 aromatic rings. The molecule has 0 aromatic heterocycles. The Hall–Kier alpha value is -4.59. The topological polar surface area (TPSA) is 109 Å². The summed E-state index contributed by atoms with van der Waals surface area (Å²) in [6.45, 7) is 7.39. The molecule has 42 heavy (non-hydrogen) atoms. The highest BCUT2D eigenvalue weighted by atomic mass is 16.5. The average molecular weight is 571 g/mol. The summed E-state index contributed by atoms with van der Waals surface area (Å²) in [5.74, 6) is -2.09. The summed E-state index contributed by atoms with van der Waals surface area (Å²) in [6.07, 6.45) is 0.597. The minimum absolute atomic E-state index is 0.00326. The summed E-state index contributed by atoms with van der Waals surface area (Å²) >= 11 is 0. The van der Waals surface area contributed by atoms with Gasteiger partial charge in [0.2, 0.25) is 0 Å². The number of rotatable bonds is 9. The van der Waals surface area contributed by atoms with Crippen LogP contribution in [-0.4, -0.2) is 52.6 Å². The number of para-hydroxylation sites is 3. The van der Waals surface area contributed by atoms with Crippen molar-refractivity contribution in [3.8, 4) is 11.5 Å². The van der Waals surface area contributed by atoms with E-state index in [0.717, 1.165) is 0 Å². The van der Waals surface area contributed by atoms with E-state index in [1.54, 1.807) is 44.4 Å². The van der Waals surface area contributed by atoms with Crippen molar-refractivity contribution in [3.63, 3.8) is 0 Å². The largest absolute Gasteiger partial charge is 0.496 e. The Morgan fingerprint density at radius 2 is 1.43 bits per heavy atom. The molecule has 1 aliphatic rings. The Balaban J connectivity index is 2.21. The van der Waals surface area contributed by atoms with Crippen molar-refractivity contribution in [1.29, 1.82) is 0 Å². The zero-order valence-corrected chi connectivity index (χ0v) is 24.9. The van der Waals surface area contributed by atoms with Crippen LogP contribution < -0.4 is 9.47 Å². The van der Waals surface area contributed by atoms with Gasteiger partial charge < -0.3 is 24.6 Å². The molecule has 0 fully saturated rings. The first-order valence-corrected chi connectivity index (χ1v) is 14.0. The van der Waals surface area contributed by atoms with E-state index < -0.39 is 28.8 Å². The maximum Gasteiger partial charge on any atom is 0.334 e. The highest BCUT2D eigenvalue weighted by Gasteiger charge is 2.63. The summed E-state index contributed by atoms with van der Waals surface area (Å²) < 4.78 is 11.3. The second-order valence-corrected chi connectivity index (χ2v) is 10.6. The molecule has 220 valence electrons. The van der Waals surface area contributed by atoms with E-state index in [4.69, 9.17) is 14.5 Å². The Labute approximate surface area is 246 Å². The van der Waals surface area contributed by atoms with Crippen LogP contribution in [0.2, 0.25) is 0 Å². The molecule has 0 radical (unpaired) electrons. The van der Waals surface area contributed by atoms with E-state index in [2.05, 4.69) is 0 Å². The van der Waals surface area contributed by atoms with Gasteiger partial charge >= 0.3 is 11.9 Å². The molecule has 0 saturated heterocycles. The first-order valence-electron chi connectivity index (χ1n) is 14.0. The van der Waals surface area contributed by atoms with Crippen molar-refractivity contribution in [3.05, 3.63) is 101 Å². The quantitative estimate of drug-likeness (QED) is 0.218. The highest BCUT2D eigenvalue weighted by Crippen LogP contribution is 2.57. The lowest BCUT2D eigenvalue weighted by molar-refractivity contribution is -0.151. The van der Waals surface area contributed by atoms with Gasteiger partial charge in [-0.3, -0.25) is 4.79 Å². The molecule has 3 unspecified atom stereocenters. The van der Waals surface area contributed by atoms with Crippen molar-refractivity contribution in [1.82, 2.24) is 4.90 Å². The summed E-state index contributed by atoms with van der Waals surface area (Å²) in [5.41, 5.74) is -0.361. The maximum atomic E-state index is 13.6. The van der Waals surface area contributed by atoms with Gasteiger partial charge in [0.15, 0.2) is 0 Å². The number of aliphatic imine (C=N–C) groups is 1. The Morgan fingerprint density at radius 1 is 0.857 bits per heavy atom. The van der Waals surface area contributed by atoms with E-state index in [1.165, 1.54) is 7.11 Å². The second-order valence-electron chi connectivity index (χ2n) is 10.6. The van der Waals surface area contributed by atoms with E-state index in [1.807, 2.05) is 74.2 Å². The van der Waals surface area contributed by atoms with Crippen LogP contribution in [0, 0.1) is 5.92 Å². The number of aliphatic carboxylic acids is 2. The number of carboxylic acid groups (broad SMARTS) is 2. The van der Waals surface area contributed by atoms with Gasteiger partial charge in [-0.15, -0.1) is 0 Å². The molecular formula is C34H38N2O6. The van der Waals surface area contributed by atoms with Crippen LogP contribution in [-0.2, 0) is 15.0 Å². The fourth-order valence-electron chi connectivity index (χ4n) is 6.75. The van der Waals surface area contributed by atoms with Crippen LogP contribution in [0.3, 0.4) is 0 Å². The molecule has 0 saturated carbocycles. The summed E-state index contributed by atoms with van der Waals surface area (Å²) in [4.78, 5) is 33.8. The molecule has 0 spiro atoms. The third-order valence-electron chi connectivity index (χ3n) is 8.65. The lowest BCUT2D eigenvalue weighted by Crippen LogP contribution is -2.66. The number of methoxy groups -OCH3 is 2. The molecule has 1 aliphatic heterocycles. The molecule has 2 N–H and O–H groups in total. The van der Waals surface area contributed by atoms with Crippen molar-refractivity contribution < 1.29 is 29.3 Å². The summed E-state index contributed by atoms with van der Waals surface area (Å²) in [7, 11) is 3.07. The van der Waals surface area contributed by atoms with Gasteiger partial charge in [-0.25, -0.2) is 9.79 Å². The van der Waals surface area contributed by atoms with E-state index in [0.29, 0.717) is 46.3 Å². The number of allylic oxidation sites excluding steroid dienone is 1. The standard InChI is InChI=1S/C34H38N2O6/c1-7-33(4)29(32(39)40)34(8-2,24-18-12-14-20-26(24)41-5)28(31(37)38)22(3)36(33)30(23-16-10-9-11-17-23)35-25-19-13-15-21-27(25)42-6/h9-21,29H,7-8H2,1-6H3,(H,37,38)(H,39,40). The third kappa shape index (κ3) is 4.81.